The van der Waals surface area contributed by atoms with Crippen LogP contribution in [0.1, 0.15) is 43.5 Å². The van der Waals surface area contributed by atoms with Crippen LogP contribution in [0.15, 0.2) is 6.20 Å². The van der Waals surface area contributed by atoms with Gasteiger partial charge in [0.15, 0.2) is 0 Å². The molecule has 5 heteroatoms. The molecule has 0 aliphatic heterocycles. The summed E-state index contributed by atoms with van der Waals surface area (Å²) in [6, 6.07) is 0.00840. The quantitative estimate of drug-likeness (QED) is 0.727. The van der Waals surface area contributed by atoms with Crippen LogP contribution in [0.5, 0.6) is 0 Å². The Morgan fingerprint density at radius 3 is 2.82 bits per heavy atom. The van der Waals surface area contributed by atoms with Gasteiger partial charge in [0.05, 0.1) is 12.2 Å². The molecule has 0 fully saturated rings. The van der Waals surface area contributed by atoms with Crippen LogP contribution < -0.4 is 11.1 Å². The number of rotatable bonds is 6. The molecular weight excluding hydrogens is 216 g/mol. The first-order chi connectivity index (χ1) is 8.06. The van der Waals surface area contributed by atoms with Crippen molar-refractivity contribution in [3.63, 3.8) is 0 Å². The Balaban J connectivity index is 2.46. The Bertz CT molecular complexity index is 373. The minimum absolute atomic E-state index is 0.00840. The second-order valence-electron chi connectivity index (χ2n) is 4.34. The fraction of sp³-hybridized carbons (Fsp3) is 0.667. The number of nitrogens with zero attached hydrogens (tertiary/aromatic N) is 2. The smallest absolute Gasteiger partial charge is 0.220 e. The highest BCUT2D eigenvalue weighted by Gasteiger charge is 2.13. The summed E-state index contributed by atoms with van der Waals surface area (Å²) in [5.41, 5.74) is 7.54. The Kier molecular flexibility index (Phi) is 5.15. The molecule has 1 unspecified atom stereocenters. The van der Waals surface area contributed by atoms with Gasteiger partial charge >= 0.3 is 0 Å². The van der Waals surface area contributed by atoms with Crippen LogP contribution in [0.3, 0.4) is 0 Å². The van der Waals surface area contributed by atoms with Crippen molar-refractivity contribution in [1.82, 2.24) is 15.1 Å². The van der Waals surface area contributed by atoms with Gasteiger partial charge in [-0.15, -0.1) is 0 Å². The summed E-state index contributed by atoms with van der Waals surface area (Å²) in [4.78, 5) is 11.6. The fourth-order valence-electron chi connectivity index (χ4n) is 1.76. The zero-order chi connectivity index (χ0) is 12.8. The van der Waals surface area contributed by atoms with E-state index in [-0.39, 0.29) is 11.9 Å². The van der Waals surface area contributed by atoms with Crippen molar-refractivity contribution in [2.45, 2.75) is 39.2 Å². The number of aryl methyl sites for hydroxylation is 1. The summed E-state index contributed by atoms with van der Waals surface area (Å²) in [6.45, 7) is 4.62. The maximum atomic E-state index is 11.6. The Morgan fingerprint density at radius 2 is 2.29 bits per heavy atom. The molecule has 0 saturated carbocycles. The molecule has 0 bridgehead atoms. The second-order valence-corrected chi connectivity index (χ2v) is 4.34. The number of nitrogens with two attached hydrogens (primary N) is 1. The van der Waals surface area contributed by atoms with Crippen molar-refractivity contribution in [2.75, 3.05) is 6.54 Å². The summed E-state index contributed by atoms with van der Waals surface area (Å²) in [5.74, 6) is 0.0780. The van der Waals surface area contributed by atoms with Gasteiger partial charge in [-0.05, 0) is 33.2 Å². The summed E-state index contributed by atoms with van der Waals surface area (Å²) in [5, 5.41) is 7.14. The molecule has 5 nitrogen and oxygen atoms in total. The number of carbonyl (C=O) groups excluding carboxylic acids is 1. The molecule has 0 saturated heterocycles. The first-order valence-corrected chi connectivity index (χ1v) is 6.04. The average Bonchev–Trinajstić information content (AvgIpc) is 2.60. The highest BCUT2D eigenvalue weighted by atomic mass is 16.1. The summed E-state index contributed by atoms with van der Waals surface area (Å²) >= 11 is 0. The molecule has 1 aromatic heterocycles. The molecular formula is C12H22N4O. The monoisotopic (exact) mass is 238 g/mol. The van der Waals surface area contributed by atoms with Crippen molar-refractivity contribution in [3.05, 3.63) is 17.5 Å². The number of unbranched alkanes of at least 4 members (excludes halogenated alkanes) is 1. The summed E-state index contributed by atoms with van der Waals surface area (Å²) < 4.78 is 1.81. The third kappa shape index (κ3) is 3.85. The SMILES string of the molecule is Cc1c(C(C)NC(=O)CCCCN)cnn1C. The van der Waals surface area contributed by atoms with Gasteiger partial charge in [-0.25, -0.2) is 0 Å². The molecule has 0 aliphatic rings. The van der Waals surface area contributed by atoms with E-state index in [9.17, 15) is 4.79 Å². The number of amides is 1. The number of carbonyl (C=O) groups is 1. The van der Waals surface area contributed by atoms with Crippen molar-refractivity contribution in [1.29, 1.82) is 0 Å². The van der Waals surface area contributed by atoms with Gasteiger partial charge < -0.3 is 11.1 Å². The predicted octanol–water partition coefficient (Wildman–Crippen LogP) is 1.03. The maximum absolute atomic E-state index is 11.6. The second kappa shape index (κ2) is 6.39. The maximum Gasteiger partial charge on any atom is 0.220 e. The lowest BCUT2D eigenvalue weighted by molar-refractivity contribution is -0.121. The molecule has 17 heavy (non-hydrogen) atoms. The van der Waals surface area contributed by atoms with Crippen LogP contribution in [0.25, 0.3) is 0 Å². The number of nitrogens with one attached hydrogen (secondary N) is 1. The average molecular weight is 238 g/mol. The van der Waals surface area contributed by atoms with E-state index in [0.717, 1.165) is 24.1 Å². The molecule has 3 N–H and O–H groups in total. The van der Waals surface area contributed by atoms with Gasteiger partial charge in [0.2, 0.25) is 5.91 Å². The van der Waals surface area contributed by atoms with Crippen molar-refractivity contribution < 1.29 is 4.79 Å². The van der Waals surface area contributed by atoms with Gasteiger partial charge in [-0.1, -0.05) is 0 Å². The third-order valence-corrected chi connectivity index (χ3v) is 2.98. The van der Waals surface area contributed by atoms with E-state index in [1.54, 1.807) is 6.20 Å². The molecule has 96 valence electrons. The van der Waals surface area contributed by atoms with Crippen LogP contribution in [0.2, 0.25) is 0 Å². The fourth-order valence-corrected chi connectivity index (χ4v) is 1.76. The van der Waals surface area contributed by atoms with E-state index >= 15 is 0 Å². The number of hydrogen-bond acceptors (Lipinski definition) is 3. The first kappa shape index (κ1) is 13.7. The minimum atomic E-state index is 0.00840. The van der Waals surface area contributed by atoms with E-state index in [0.29, 0.717) is 13.0 Å². The van der Waals surface area contributed by atoms with E-state index in [4.69, 9.17) is 5.73 Å². The number of hydrogen-bond donors (Lipinski definition) is 2. The standard InChI is InChI=1S/C12H22N4O/c1-9(11-8-14-16(3)10(11)2)15-12(17)6-4-5-7-13/h8-9H,4-7,13H2,1-3H3,(H,15,17). The van der Waals surface area contributed by atoms with Gasteiger partial charge in [-0.2, -0.15) is 5.10 Å². The lowest BCUT2D eigenvalue weighted by atomic mass is 10.1. The van der Waals surface area contributed by atoms with Crippen molar-refractivity contribution >= 4 is 5.91 Å². The molecule has 1 rings (SSSR count). The van der Waals surface area contributed by atoms with E-state index in [1.165, 1.54) is 0 Å². The highest BCUT2D eigenvalue weighted by Crippen LogP contribution is 2.16. The highest BCUT2D eigenvalue weighted by molar-refractivity contribution is 5.76. The molecule has 1 heterocycles. The lowest BCUT2D eigenvalue weighted by Crippen LogP contribution is -2.26. The topological polar surface area (TPSA) is 72.9 Å². The molecule has 0 aromatic carbocycles. The van der Waals surface area contributed by atoms with E-state index in [1.807, 2.05) is 25.6 Å². The molecule has 1 amide bonds. The lowest BCUT2D eigenvalue weighted by Gasteiger charge is -2.13. The predicted molar refractivity (Wildman–Crippen MR) is 67.4 cm³/mol. The van der Waals surface area contributed by atoms with Gasteiger partial charge in [0.25, 0.3) is 0 Å². The summed E-state index contributed by atoms with van der Waals surface area (Å²) in [7, 11) is 1.90. The van der Waals surface area contributed by atoms with Crippen LogP contribution in [0, 0.1) is 6.92 Å². The normalized spacial score (nSPS) is 12.5. The van der Waals surface area contributed by atoms with Gasteiger partial charge in [-0.3, -0.25) is 9.48 Å². The largest absolute Gasteiger partial charge is 0.349 e. The van der Waals surface area contributed by atoms with E-state index < -0.39 is 0 Å². The van der Waals surface area contributed by atoms with Crippen LogP contribution in [-0.4, -0.2) is 22.2 Å². The number of aromatic nitrogens is 2. The molecule has 1 atom stereocenters. The van der Waals surface area contributed by atoms with Crippen molar-refractivity contribution in [2.24, 2.45) is 12.8 Å². The van der Waals surface area contributed by atoms with E-state index in [2.05, 4.69) is 10.4 Å². The molecule has 0 spiro atoms. The first-order valence-electron chi connectivity index (χ1n) is 6.04. The third-order valence-electron chi connectivity index (χ3n) is 2.98. The van der Waals surface area contributed by atoms with Crippen LogP contribution >= 0.6 is 0 Å². The van der Waals surface area contributed by atoms with Gasteiger partial charge in [0, 0.05) is 24.7 Å². The Hall–Kier alpha value is -1.36. The minimum Gasteiger partial charge on any atom is -0.349 e. The Morgan fingerprint density at radius 1 is 1.59 bits per heavy atom. The summed E-state index contributed by atoms with van der Waals surface area (Å²) in [6.07, 6.45) is 4.09. The Labute approximate surface area is 102 Å². The van der Waals surface area contributed by atoms with Crippen molar-refractivity contribution in [3.8, 4) is 0 Å². The zero-order valence-electron chi connectivity index (χ0n) is 10.9. The zero-order valence-corrected chi connectivity index (χ0v) is 10.9. The van der Waals surface area contributed by atoms with Crippen LogP contribution in [0.4, 0.5) is 0 Å². The molecule has 0 radical (unpaired) electrons. The molecule has 1 aromatic rings. The van der Waals surface area contributed by atoms with Crippen LogP contribution in [-0.2, 0) is 11.8 Å². The van der Waals surface area contributed by atoms with Gasteiger partial charge in [0.1, 0.15) is 0 Å². The molecule has 0 aliphatic carbocycles.